The lowest BCUT2D eigenvalue weighted by atomic mass is 9.78. The Morgan fingerprint density at radius 3 is 2.70 bits per heavy atom. The minimum atomic E-state index is -0.580. The topological polar surface area (TPSA) is 59.0 Å². The molecule has 1 saturated heterocycles. The summed E-state index contributed by atoms with van der Waals surface area (Å²) in [5, 5.41) is 10.6. The fourth-order valence-corrected chi connectivity index (χ4v) is 5.04. The average molecular weight is 411 g/mol. The summed E-state index contributed by atoms with van der Waals surface area (Å²) in [7, 11) is 0. The van der Waals surface area contributed by atoms with E-state index in [2.05, 4.69) is 6.07 Å². The number of carbonyl (C=O) groups excluding carboxylic acids is 1. The number of hydrogen-bond donors (Lipinski definition) is 1. The molecule has 5 rings (SSSR count). The second-order valence-corrected chi connectivity index (χ2v) is 8.69. The number of likely N-dealkylation sites (tertiary alicyclic amines) is 1. The fraction of sp³-hybridized carbons (Fsp3) is 0.458. The zero-order valence-electron chi connectivity index (χ0n) is 16.8. The van der Waals surface area contributed by atoms with Crippen molar-refractivity contribution < 1.29 is 23.8 Å². The van der Waals surface area contributed by atoms with E-state index in [-0.39, 0.29) is 17.8 Å². The summed E-state index contributed by atoms with van der Waals surface area (Å²) < 4.78 is 24.6. The minimum absolute atomic E-state index is 0.133. The number of nitrogens with zero attached hydrogens (tertiary/aromatic N) is 1. The number of ether oxygens (including phenoxy) is 2. The molecule has 0 aromatic heterocycles. The number of benzene rings is 2. The Hall–Kier alpha value is -2.60. The SMILES string of the molecule is O=C(Cc1ccc2c(c1)CCO2)N1C[C@H]2C[C@@H](Oc3ccc(F)cc3)[C@H](O)C[C@H]2C1. The molecule has 6 heteroatoms. The van der Waals surface area contributed by atoms with Crippen molar-refractivity contribution in [3.05, 3.63) is 59.4 Å². The predicted octanol–water partition coefficient (Wildman–Crippen LogP) is 2.98. The molecular weight excluding hydrogens is 385 g/mol. The number of fused-ring (bicyclic) bond motifs is 2. The molecule has 1 saturated carbocycles. The molecule has 2 aromatic carbocycles. The highest BCUT2D eigenvalue weighted by Gasteiger charge is 2.43. The van der Waals surface area contributed by atoms with Crippen molar-refractivity contribution in [1.82, 2.24) is 4.90 Å². The number of aliphatic hydroxyl groups excluding tert-OH is 1. The van der Waals surface area contributed by atoms with Gasteiger partial charge in [0.1, 0.15) is 23.4 Å². The molecule has 0 radical (unpaired) electrons. The van der Waals surface area contributed by atoms with Crippen LogP contribution in [0.4, 0.5) is 4.39 Å². The van der Waals surface area contributed by atoms with Crippen molar-refractivity contribution >= 4 is 5.91 Å². The molecule has 5 nitrogen and oxygen atoms in total. The van der Waals surface area contributed by atoms with Crippen LogP contribution >= 0.6 is 0 Å². The third-order valence-corrected chi connectivity index (χ3v) is 6.65. The molecule has 2 aliphatic heterocycles. The first-order valence-electron chi connectivity index (χ1n) is 10.7. The van der Waals surface area contributed by atoms with Gasteiger partial charge in [-0.1, -0.05) is 12.1 Å². The molecule has 158 valence electrons. The van der Waals surface area contributed by atoms with E-state index in [0.29, 0.717) is 56.5 Å². The highest BCUT2D eigenvalue weighted by atomic mass is 19.1. The van der Waals surface area contributed by atoms with Gasteiger partial charge in [-0.2, -0.15) is 0 Å². The van der Waals surface area contributed by atoms with Gasteiger partial charge in [0.15, 0.2) is 0 Å². The maximum Gasteiger partial charge on any atom is 0.227 e. The number of aliphatic hydroxyl groups is 1. The molecule has 1 amide bonds. The monoisotopic (exact) mass is 411 g/mol. The molecule has 0 bridgehead atoms. The van der Waals surface area contributed by atoms with E-state index < -0.39 is 6.10 Å². The third-order valence-electron chi connectivity index (χ3n) is 6.65. The van der Waals surface area contributed by atoms with Crippen LogP contribution in [0.1, 0.15) is 24.0 Å². The standard InChI is InChI=1S/C24H26FNO4/c25-19-2-4-20(5-3-19)30-23-12-18-14-26(13-17(18)11-21(23)27)24(28)10-15-1-6-22-16(9-15)7-8-29-22/h1-6,9,17-18,21,23,27H,7-8,10-14H2/t17-,18+,21+,23+/m0/s1. The van der Waals surface area contributed by atoms with Gasteiger partial charge in [-0.15, -0.1) is 0 Å². The van der Waals surface area contributed by atoms with Gasteiger partial charge in [0, 0.05) is 19.5 Å². The van der Waals surface area contributed by atoms with Crippen LogP contribution in [0.3, 0.4) is 0 Å². The van der Waals surface area contributed by atoms with Gasteiger partial charge in [-0.05, 0) is 66.1 Å². The van der Waals surface area contributed by atoms with Crippen LogP contribution in [-0.2, 0) is 17.6 Å². The van der Waals surface area contributed by atoms with Gasteiger partial charge < -0.3 is 19.5 Å². The Bertz CT molecular complexity index is 931. The third kappa shape index (κ3) is 3.88. The lowest BCUT2D eigenvalue weighted by Gasteiger charge is -2.35. The van der Waals surface area contributed by atoms with Crippen LogP contribution in [0.15, 0.2) is 42.5 Å². The van der Waals surface area contributed by atoms with Gasteiger partial charge in [0.2, 0.25) is 5.91 Å². The lowest BCUT2D eigenvalue weighted by molar-refractivity contribution is -0.129. The van der Waals surface area contributed by atoms with Crippen LogP contribution in [0.2, 0.25) is 0 Å². The number of hydrogen-bond acceptors (Lipinski definition) is 4. The molecular formula is C24H26FNO4. The van der Waals surface area contributed by atoms with E-state index in [4.69, 9.17) is 9.47 Å². The zero-order valence-corrected chi connectivity index (χ0v) is 16.8. The highest BCUT2D eigenvalue weighted by molar-refractivity contribution is 5.79. The molecule has 0 spiro atoms. The Morgan fingerprint density at radius 2 is 1.90 bits per heavy atom. The van der Waals surface area contributed by atoms with Gasteiger partial charge in [0.05, 0.1) is 19.1 Å². The zero-order chi connectivity index (χ0) is 20.7. The number of rotatable bonds is 4. The largest absolute Gasteiger partial charge is 0.493 e. The van der Waals surface area contributed by atoms with Crippen LogP contribution in [0.5, 0.6) is 11.5 Å². The summed E-state index contributed by atoms with van der Waals surface area (Å²) in [6, 6.07) is 11.9. The highest BCUT2D eigenvalue weighted by Crippen LogP contribution is 2.38. The van der Waals surface area contributed by atoms with Crippen LogP contribution in [-0.4, -0.2) is 47.8 Å². The predicted molar refractivity (Wildman–Crippen MR) is 109 cm³/mol. The second kappa shape index (κ2) is 7.91. The minimum Gasteiger partial charge on any atom is -0.493 e. The van der Waals surface area contributed by atoms with Crippen LogP contribution in [0, 0.1) is 17.7 Å². The van der Waals surface area contributed by atoms with E-state index in [0.717, 1.165) is 17.7 Å². The number of carbonyl (C=O) groups is 1. The molecule has 1 N–H and O–H groups in total. The van der Waals surface area contributed by atoms with Crippen molar-refractivity contribution in [3.63, 3.8) is 0 Å². The van der Waals surface area contributed by atoms with Crippen molar-refractivity contribution in [3.8, 4) is 11.5 Å². The maximum atomic E-state index is 13.1. The van der Waals surface area contributed by atoms with Crippen molar-refractivity contribution in [1.29, 1.82) is 0 Å². The first kappa shape index (κ1) is 19.4. The first-order valence-corrected chi connectivity index (χ1v) is 10.7. The normalized spacial score (nSPS) is 27.3. The number of amides is 1. The molecule has 30 heavy (non-hydrogen) atoms. The van der Waals surface area contributed by atoms with Gasteiger partial charge in [-0.3, -0.25) is 4.79 Å². The van der Waals surface area contributed by atoms with E-state index >= 15 is 0 Å². The summed E-state index contributed by atoms with van der Waals surface area (Å²) in [4.78, 5) is 14.8. The summed E-state index contributed by atoms with van der Waals surface area (Å²) in [5.41, 5.74) is 2.20. The van der Waals surface area contributed by atoms with Crippen molar-refractivity contribution in [2.24, 2.45) is 11.8 Å². The Labute approximate surface area is 175 Å². The lowest BCUT2D eigenvalue weighted by Crippen LogP contribution is -2.42. The Morgan fingerprint density at radius 1 is 1.13 bits per heavy atom. The molecule has 2 heterocycles. The second-order valence-electron chi connectivity index (χ2n) is 8.69. The Kier molecular flexibility index (Phi) is 5.11. The van der Waals surface area contributed by atoms with Gasteiger partial charge in [-0.25, -0.2) is 4.39 Å². The molecule has 2 fully saturated rings. The van der Waals surface area contributed by atoms with Crippen LogP contribution < -0.4 is 9.47 Å². The molecule has 4 atom stereocenters. The van der Waals surface area contributed by atoms with E-state index in [1.54, 1.807) is 12.1 Å². The van der Waals surface area contributed by atoms with Crippen LogP contribution in [0.25, 0.3) is 0 Å². The number of halogens is 1. The van der Waals surface area contributed by atoms with E-state index in [1.807, 2.05) is 17.0 Å². The fourth-order valence-electron chi connectivity index (χ4n) is 5.04. The summed E-state index contributed by atoms with van der Waals surface area (Å²) >= 11 is 0. The van der Waals surface area contributed by atoms with Gasteiger partial charge in [0.25, 0.3) is 0 Å². The summed E-state index contributed by atoms with van der Waals surface area (Å²) in [5.74, 6) is 1.92. The van der Waals surface area contributed by atoms with E-state index in [9.17, 15) is 14.3 Å². The maximum absolute atomic E-state index is 13.1. The summed E-state index contributed by atoms with van der Waals surface area (Å²) in [6.45, 7) is 2.11. The van der Waals surface area contributed by atoms with Crippen molar-refractivity contribution in [2.45, 2.75) is 37.9 Å². The first-order chi connectivity index (χ1) is 14.5. The quantitative estimate of drug-likeness (QED) is 0.841. The molecule has 1 aliphatic carbocycles. The van der Waals surface area contributed by atoms with Crippen molar-refractivity contribution in [2.75, 3.05) is 19.7 Å². The molecule has 0 unspecified atom stereocenters. The summed E-state index contributed by atoms with van der Waals surface area (Å²) in [6.07, 6.45) is 1.70. The van der Waals surface area contributed by atoms with E-state index in [1.165, 1.54) is 17.7 Å². The average Bonchev–Trinajstić information content (AvgIpc) is 3.36. The molecule has 3 aliphatic rings. The molecule has 2 aromatic rings. The Balaban J connectivity index is 1.20. The smallest absolute Gasteiger partial charge is 0.227 e. The van der Waals surface area contributed by atoms with Gasteiger partial charge >= 0.3 is 0 Å².